The van der Waals surface area contributed by atoms with Crippen LogP contribution in [0.5, 0.6) is 0 Å². The second-order valence-corrected chi connectivity index (χ2v) is 11.1. The number of hydrogen-bond donors (Lipinski definition) is 0. The molecule has 0 unspecified atom stereocenters. The Bertz CT molecular complexity index is 752. The van der Waals surface area contributed by atoms with Gasteiger partial charge in [-0.1, -0.05) is 91.0 Å². The molecule has 2 nitrogen and oxygen atoms in total. The third kappa shape index (κ3) is 6.08. The lowest BCUT2D eigenvalue weighted by Gasteiger charge is -2.32. The van der Waals surface area contributed by atoms with E-state index in [1.807, 2.05) is 54.6 Å². The zero-order chi connectivity index (χ0) is 19.7. The lowest BCUT2D eigenvalue weighted by Crippen LogP contribution is -2.49. The molecule has 4 heteroatoms. The molecule has 0 bridgehead atoms. The lowest BCUT2D eigenvalue weighted by atomic mass is 10.2. The van der Waals surface area contributed by atoms with E-state index >= 15 is 0 Å². The maximum atomic E-state index is 12.6. The van der Waals surface area contributed by atoms with Gasteiger partial charge in [-0.15, -0.1) is 11.6 Å². The van der Waals surface area contributed by atoms with Crippen LogP contribution < -0.4 is 0 Å². The first-order valence-corrected chi connectivity index (χ1v) is 12.7. The average Bonchev–Trinajstić information content (AvgIpc) is 2.70. The minimum Gasteiger partial charge on any atom is -0.518 e. The van der Waals surface area contributed by atoms with Crippen molar-refractivity contribution < 1.29 is 9.22 Å². The predicted molar refractivity (Wildman–Crippen MR) is 118 cm³/mol. The van der Waals surface area contributed by atoms with Crippen LogP contribution >= 0.6 is 11.6 Å². The van der Waals surface area contributed by atoms with Crippen LogP contribution in [0.1, 0.15) is 23.1 Å². The van der Waals surface area contributed by atoms with Crippen molar-refractivity contribution in [2.75, 3.05) is 5.88 Å². The molecule has 0 radical (unpaired) electrons. The monoisotopic (exact) mass is 408 g/mol. The molecule has 144 valence electrons. The number of rotatable bonds is 9. The summed E-state index contributed by atoms with van der Waals surface area (Å²) in [4.78, 5) is 12.6. The number of carbonyl (C=O) groups excluding carboxylic acids is 1. The Kier molecular flexibility index (Phi) is 7.46. The molecule has 0 fully saturated rings. The second kappa shape index (κ2) is 10.3. The maximum Gasteiger partial charge on any atom is 0.293 e. The Morgan fingerprint density at radius 3 is 1.36 bits per heavy atom. The number of hydrogen-bond acceptors (Lipinski definition) is 2. The largest absolute Gasteiger partial charge is 0.518 e. The summed E-state index contributed by atoms with van der Waals surface area (Å²) in [5, 5.41) is 0. The van der Waals surface area contributed by atoms with Crippen molar-refractivity contribution in [3.63, 3.8) is 0 Å². The summed E-state index contributed by atoms with van der Waals surface area (Å²) in [5.41, 5.74) is 3.62. The van der Waals surface area contributed by atoms with Gasteiger partial charge < -0.3 is 4.43 Å². The van der Waals surface area contributed by atoms with Gasteiger partial charge >= 0.3 is 0 Å². The summed E-state index contributed by atoms with van der Waals surface area (Å²) in [6.45, 7) is 0. The molecule has 0 heterocycles. The van der Waals surface area contributed by atoms with Crippen molar-refractivity contribution in [1.29, 1.82) is 0 Å². The van der Waals surface area contributed by atoms with Crippen LogP contribution in [-0.2, 0) is 27.4 Å². The fourth-order valence-corrected chi connectivity index (χ4v) is 7.84. The van der Waals surface area contributed by atoms with Crippen molar-refractivity contribution in [2.45, 2.75) is 24.6 Å². The first-order valence-electron chi connectivity index (χ1n) is 9.59. The molecular formula is C24H25ClO2Si. The van der Waals surface area contributed by atoms with Crippen molar-refractivity contribution in [2.24, 2.45) is 0 Å². The highest BCUT2D eigenvalue weighted by atomic mass is 35.5. The molecule has 3 aromatic rings. The third-order valence-electron chi connectivity index (χ3n) is 4.74. The standard InChI is InChI=1S/C24H25ClO2Si/c25-17-16-24(26)27-28(18-21-10-4-1-5-11-21,19-22-12-6-2-7-13-22)20-23-14-8-3-9-15-23/h1-15H,16-20H2. The van der Waals surface area contributed by atoms with Crippen molar-refractivity contribution in [3.8, 4) is 0 Å². The molecule has 28 heavy (non-hydrogen) atoms. The van der Waals surface area contributed by atoms with Gasteiger partial charge in [-0.05, 0) is 16.7 Å². The Hall–Kier alpha value is -2.36. The molecule has 0 aromatic heterocycles. The van der Waals surface area contributed by atoms with Crippen LogP contribution in [0.3, 0.4) is 0 Å². The highest BCUT2D eigenvalue weighted by Crippen LogP contribution is 2.24. The molecule has 0 aliphatic rings. The van der Waals surface area contributed by atoms with Gasteiger partial charge in [0, 0.05) is 24.0 Å². The molecule has 3 rings (SSSR count). The average molecular weight is 409 g/mol. The minimum atomic E-state index is -2.53. The predicted octanol–water partition coefficient (Wildman–Crippen LogP) is 5.45. The van der Waals surface area contributed by atoms with E-state index in [4.69, 9.17) is 16.0 Å². The van der Waals surface area contributed by atoms with E-state index in [0.29, 0.717) is 0 Å². The van der Waals surface area contributed by atoms with E-state index in [-0.39, 0.29) is 18.3 Å². The first kappa shape index (κ1) is 20.4. The molecular weight excluding hydrogens is 384 g/mol. The van der Waals surface area contributed by atoms with E-state index in [2.05, 4.69) is 36.4 Å². The van der Waals surface area contributed by atoms with Crippen LogP contribution in [0, 0.1) is 0 Å². The van der Waals surface area contributed by atoms with Gasteiger partial charge in [0.2, 0.25) is 0 Å². The number of alkyl halides is 1. The van der Waals surface area contributed by atoms with Gasteiger partial charge in [-0.25, -0.2) is 0 Å². The summed E-state index contributed by atoms with van der Waals surface area (Å²) < 4.78 is 6.31. The molecule has 0 saturated carbocycles. The fourth-order valence-electron chi connectivity index (χ4n) is 3.57. The molecule has 0 saturated heterocycles. The van der Waals surface area contributed by atoms with Crippen LogP contribution in [0.4, 0.5) is 0 Å². The highest BCUT2D eigenvalue weighted by molar-refractivity contribution is 6.73. The fraction of sp³-hybridized carbons (Fsp3) is 0.208. The van der Waals surface area contributed by atoms with Crippen molar-refractivity contribution >= 4 is 25.9 Å². The Morgan fingerprint density at radius 2 is 1.04 bits per heavy atom. The van der Waals surface area contributed by atoms with Gasteiger partial charge in [-0.2, -0.15) is 0 Å². The number of halogens is 1. The van der Waals surface area contributed by atoms with Crippen LogP contribution in [0.2, 0.25) is 0 Å². The van der Waals surface area contributed by atoms with E-state index in [1.54, 1.807) is 0 Å². The summed E-state index contributed by atoms with van der Waals surface area (Å²) in [6.07, 6.45) is 0.245. The van der Waals surface area contributed by atoms with E-state index in [9.17, 15) is 4.79 Å². The Labute approximate surface area is 173 Å². The van der Waals surface area contributed by atoms with Crippen LogP contribution in [0.25, 0.3) is 0 Å². The zero-order valence-electron chi connectivity index (χ0n) is 15.9. The molecule has 0 amide bonds. The topological polar surface area (TPSA) is 26.3 Å². The highest BCUT2D eigenvalue weighted by Gasteiger charge is 2.39. The Balaban J connectivity index is 1.98. The molecule has 0 aliphatic heterocycles. The second-order valence-electron chi connectivity index (χ2n) is 7.08. The zero-order valence-corrected chi connectivity index (χ0v) is 17.6. The molecule has 0 spiro atoms. The molecule has 0 N–H and O–H groups in total. The summed E-state index contributed by atoms with van der Waals surface area (Å²) in [5.74, 6) is 0.0927. The molecule has 0 aliphatic carbocycles. The van der Waals surface area contributed by atoms with Crippen LogP contribution in [-0.4, -0.2) is 20.2 Å². The number of carbonyl (C=O) groups is 1. The lowest BCUT2D eigenvalue weighted by molar-refractivity contribution is -0.134. The van der Waals surface area contributed by atoms with E-state index in [1.165, 1.54) is 16.7 Å². The van der Waals surface area contributed by atoms with Crippen molar-refractivity contribution in [1.82, 2.24) is 0 Å². The SMILES string of the molecule is O=C(CCCl)O[Si](Cc1ccccc1)(Cc1ccccc1)Cc1ccccc1. The van der Waals surface area contributed by atoms with Gasteiger partial charge in [0.25, 0.3) is 14.3 Å². The first-order chi connectivity index (χ1) is 13.7. The van der Waals surface area contributed by atoms with Gasteiger partial charge in [0.05, 0.1) is 6.42 Å². The molecule has 0 atom stereocenters. The number of benzene rings is 3. The van der Waals surface area contributed by atoms with Crippen LogP contribution in [0.15, 0.2) is 91.0 Å². The van der Waals surface area contributed by atoms with Gasteiger partial charge in [-0.3, -0.25) is 4.79 Å². The normalized spacial score (nSPS) is 11.2. The summed E-state index contributed by atoms with van der Waals surface area (Å²) in [7, 11) is -2.53. The minimum absolute atomic E-state index is 0.190. The Morgan fingerprint density at radius 1 is 0.679 bits per heavy atom. The quantitative estimate of drug-likeness (QED) is 0.347. The third-order valence-corrected chi connectivity index (χ3v) is 8.74. The van der Waals surface area contributed by atoms with Crippen molar-refractivity contribution in [3.05, 3.63) is 108 Å². The summed E-state index contributed by atoms with van der Waals surface area (Å²) in [6, 6.07) is 33.4. The smallest absolute Gasteiger partial charge is 0.293 e. The molecule has 3 aromatic carbocycles. The maximum absolute atomic E-state index is 12.6. The summed E-state index contributed by atoms with van der Waals surface area (Å²) >= 11 is 5.82. The van der Waals surface area contributed by atoms with Gasteiger partial charge in [0.15, 0.2) is 0 Å². The van der Waals surface area contributed by atoms with E-state index in [0.717, 1.165) is 18.1 Å². The van der Waals surface area contributed by atoms with Gasteiger partial charge in [0.1, 0.15) is 0 Å². The van der Waals surface area contributed by atoms with E-state index < -0.39 is 8.32 Å².